The lowest BCUT2D eigenvalue weighted by molar-refractivity contribution is 0.0593. The van der Waals surface area contributed by atoms with Crippen molar-refractivity contribution in [2.24, 2.45) is 0 Å². The second-order valence-electron chi connectivity index (χ2n) is 6.22. The Labute approximate surface area is 166 Å². The number of aryl methyl sites for hydroxylation is 2. The quantitative estimate of drug-likeness (QED) is 0.491. The normalized spacial score (nSPS) is 10.5. The van der Waals surface area contributed by atoms with Crippen molar-refractivity contribution in [1.82, 2.24) is 9.97 Å². The Balaban J connectivity index is 1.95. The molecule has 0 fully saturated rings. The van der Waals surface area contributed by atoms with Gasteiger partial charge in [-0.1, -0.05) is 0 Å². The van der Waals surface area contributed by atoms with Crippen LogP contribution in [0.3, 0.4) is 0 Å². The third-order valence-electron chi connectivity index (χ3n) is 4.27. The number of benzene rings is 2. The SMILES string of the molecule is COC(=O)c1cc(OC(=O)c2ccc3nc(C)c(C)nc3c2)cc(C(=O)OC)c1. The molecule has 0 atom stereocenters. The summed E-state index contributed by atoms with van der Waals surface area (Å²) in [6.45, 7) is 3.69. The number of nitrogens with zero attached hydrogens (tertiary/aromatic N) is 2. The second kappa shape index (κ2) is 8.05. The minimum absolute atomic E-state index is 0.00423. The van der Waals surface area contributed by atoms with E-state index in [2.05, 4.69) is 19.4 Å². The number of fused-ring (bicyclic) bond motifs is 1. The molecule has 0 amide bonds. The van der Waals surface area contributed by atoms with Gasteiger partial charge < -0.3 is 14.2 Å². The topological polar surface area (TPSA) is 105 Å². The highest BCUT2D eigenvalue weighted by molar-refractivity contribution is 5.98. The Kier molecular flexibility index (Phi) is 5.54. The highest BCUT2D eigenvalue weighted by Crippen LogP contribution is 2.21. The molecule has 8 nitrogen and oxygen atoms in total. The average molecular weight is 394 g/mol. The lowest BCUT2D eigenvalue weighted by Gasteiger charge is -2.09. The van der Waals surface area contributed by atoms with E-state index in [1.807, 2.05) is 13.8 Å². The van der Waals surface area contributed by atoms with Crippen molar-refractivity contribution in [2.45, 2.75) is 13.8 Å². The largest absolute Gasteiger partial charge is 0.465 e. The number of methoxy groups -OCH3 is 2. The summed E-state index contributed by atoms with van der Waals surface area (Å²) in [7, 11) is 2.41. The van der Waals surface area contributed by atoms with Gasteiger partial charge in [0, 0.05) is 0 Å². The molecule has 29 heavy (non-hydrogen) atoms. The van der Waals surface area contributed by atoms with Crippen LogP contribution >= 0.6 is 0 Å². The fraction of sp³-hybridized carbons (Fsp3) is 0.190. The molecular formula is C21H18N2O6. The van der Waals surface area contributed by atoms with Crippen molar-refractivity contribution in [3.63, 3.8) is 0 Å². The van der Waals surface area contributed by atoms with Gasteiger partial charge in [0.1, 0.15) is 5.75 Å². The molecular weight excluding hydrogens is 376 g/mol. The van der Waals surface area contributed by atoms with Crippen molar-refractivity contribution in [1.29, 1.82) is 0 Å². The predicted molar refractivity (Wildman–Crippen MR) is 103 cm³/mol. The van der Waals surface area contributed by atoms with Crippen molar-refractivity contribution >= 4 is 28.9 Å². The summed E-state index contributed by atoms with van der Waals surface area (Å²) in [5, 5.41) is 0. The molecule has 3 aromatic rings. The molecule has 1 heterocycles. The van der Waals surface area contributed by atoms with E-state index in [9.17, 15) is 14.4 Å². The molecule has 0 unspecified atom stereocenters. The molecule has 0 saturated carbocycles. The van der Waals surface area contributed by atoms with Crippen LogP contribution in [0.2, 0.25) is 0 Å². The third-order valence-corrected chi connectivity index (χ3v) is 4.27. The van der Waals surface area contributed by atoms with Gasteiger partial charge in [-0.2, -0.15) is 0 Å². The van der Waals surface area contributed by atoms with Crippen molar-refractivity contribution in [3.8, 4) is 5.75 Å². The number of hydrogen-bond acceptors (Lipinski definition) is 8. The highest BCUT2D eigenvalue weighted by atomic mass is 16.5. The molecule has 0 bridgehead atoms. The Morgan fingerprint density at radius 3 is 1.79 bits per heavy atom. The van der Waals surface area contributed by atoms with Crippen LogP contribution in [0.4, 0.5) is 0 Å². The minimum atomic E-state index is -0.681. The Bertz CT molecular complexity index is 1110. The van der Waals surface area contributed by atoms with Crippen LogP contribution in [0.1, 0.15) is 42.5 Å². The molecule has 0 saturated heterocycles. The molecule has 0 aliphatic heterocycles. The van der Waals surface area contributed by atoms with Crippen LogP contribution in [0.5, 0.6) is 5.75 Å². The van der Waals surface area contributed by atoms with Gasteiger partial charge in [0.05, 0.1) is 53.3 Å². The van der Waals surface area contributed by atoms with E-state index in [1.165, 1.54) is 32.4 Å². The number of ether oxygens (including phenoxy) is 3. The zero-order chi connectivity index (χ0) is 21.1. The fourth-order valence-corrected chi connectivity index (χ4v) is 2.65. The summed E-state index contributed by atoms with van der Waals surface area (Å²) in [4.78, 5) is 45.2. The third kappa shape index (κ3) is 4.21. The maximum Gasteiger partial charge on any atom is 0.343 e. The summed E-state index contributed by atoms with van der Waals surface area (Å²) in [5.41, 5.74) is 3.13. The van der Waals surface area contributed by atoms with E-state index >= 15 is 0 Å². The van der Waals surface area contributed by atoms with Gasteiger partial charge >= 0.3 is 17.9 Å². The number of esters is 3. The number of carbonyl (C=O) groups is 3. The van der Waals surface area contributed by atoms with E-state index in [-0.39, 0.29) is 22.4 Å². The molecule has 0 aliphatic rings. The first kappa shape index (κ1) is 19.9. The average Bonchev–Trinajstić information content (AvgIpc) is 2.72. The molecule has 3 rings (SSSR count). The minimum Gasteiger partial charge on any atom is -0.465 e. The fourth-order valence-electron chi connectivity index (χ4n) is 2.65. The zero-order valence-corrected chi connectivity index (χ0v) is 16.3. The van der Waals surface area contributed by atoms with E-state index in [4.69, 9.17) is 4.74 Å². The van der Waals surface area contributed by atoms with E-state index in [1.54, 1.807) is 18.2 Å². The first-order valence-corrected chi connectivity index (χ1v) is 8.61. The Morgan fingerprint density at radius 1 is 0.690 bits per heavy atom. The number of hydrogen-bond donors (Lipinski definition) is 0. The molecule has 0 N–H and O–H groups in total. The highest BCUT2D eigenvalue weighted by Gasteiger charge is 2.17. The molecule has 0 spiro atoms. The van der Waals surface area contributed by atoms with Crippen LogP contribution in [-0.4, -0.2) is 42.1 Å². The Morgan fingerprint density at radius 2 is 1.24 bits per heavy atom. The summed E-state index contributed by atoms with van der Waals surface area (Å²) in [6.07, 6.45) is 0. The van der Waals surface area contributed by atoms with Crippen LogP contribution in [0, 0.1) is 13.8 Å². The zero-order valence-electron chi connectivity index (χ0n) is 16.3. The summed E-state index contributed by atoms with van der Waals surface area (Å²) in [5.74, 6) is -2.03. The van der Waals surface area contributed by atoms with E-state index in [0.29, 0.717) is 11.0 Å². The standard InChI is InChI=1S/C21H18N2O6/c1-11-12(2)23-18-10-13(5-6-17(18)22-11)21(26)29-16-8-14(19(24)27-3)7-15(9-16)20(25)28-4/h5-10H,1-4H3. The van der Waals surface area contributed by atoms with E-state index < -0.39 is 17.9 Å². The van der Waals surface area contributed by atoms with Gasteiger partial charge in [0.25, 0.3) is 0 Å². The predicted octanol–water partition coefficient (Wildman–Crippen LogP) is 3.04. The van der Waals surface area contributed by atoms with Crippen molar-refractivity contribution < 1.29 is 28.6 Å². The summed E-state index contributed by atoms with van der Waals surface area (Å²) in [6, 6.07) is 8.74. The first-order valence-electron chi connectivity index (χ1n) is 8.61. The number of carbonyl (C=O) groups excluding carboxylic acids is 3. The molecule has 1 aromatic heterocycles. The molecule has 0 radical (unpaired) electrons. The van der Waals surface area contributed by atoms with Gasteiger partial charge in [0.2, 0.25) is 0 Å². The van der Waals surface area contributed by atoms with Crippen molar-refractivity contribution in [2.75, 3.05) is 14.2 Å². The van der Waals surface area contributed by atoms with E-state index in [0.717, 1.165) is 11.4 Å². The van der Waals surface area contributed by atoms with Crippen molar-refractivity contribution in [3.05, 3.63) is 64.5 Å². The molecule has 2 aromatic carbocycles. The second-order valence-corrected chi connectivity index (χ2v) is 6.22. The molecule has 0 aliphatic carbocycles. The lowest BCUT2D eigenvalue weighted by atomic mass is 10.1. The Hall–Kier alpha value is -3.81. The maximum absolute atomic E-state index is 12.6. The smallest absolute Gasteiger partial charge is 0.343 e. The van der Waals surface area contributed by atoms with Gasteiger partial charge in [0.15, 0.2) is 0 Å². The summed E-state index contributed by atoms with van der Waals surface area (Å²) >= 11 is 0. The molecule has 8 heteroatoms. The van der Waals surface area contributed by atoms with Crippen LogP contribution < -0.4 is 4.74 Å². The van der Waals surface area contributed by atoms with Crippen LogP contribution in [0.25, 0.3) is 11.0 Å². The lowest BCUT2D eigenvalue weighted by Crippen LogP contribution is -2.12. The van der Waals surface area contributed by atoms with Crippen LogP contribution in [0.15, 0.2) is 36.4 Å². The summed E-state index contributed by atoms with van der Waals surface area (Å²) < 4.78 is 14.7. The number of rotatable bonds is 4. The molecule has 148 valence electrons. The maximum atomic E-state index is 12.6. The van der Waals surface area contributed by atoms with Crippen LogP contribution in [-0.2, 0) is 9.47 Å². The first-order chi connectivity index (χ1) is 13.8. The van der Waals surface area contributed by atoms with Gasteiger partial charge in [-0.15, -0.1) is 0 Å². The monoisotopic (exact) mass is 394 g/mol. The van der Waals surface area contributed by atoms with Gasteiger partial charge in [-0.05, 0) is 50.2 Å². The van der Waals surface area contributed by atoms with Gasteiger partial charge in [-0.25, -0.2) is 24.4 Å². The number of aromatic nitrogens is 2. The van der Waals surface area contributed by atoms with Gasteiger partial charge in [-0.3, -0.25) is 0 Å².